The summed E-state index contributed by atoms with van der Waals surface area (Å²) in [5.74, 6) is 0. The van der Waals surface area contributed by atoms with Crippen LogP contribution in [0.25, 0.3) is 12.2 Å². The van der Waals surface area contributed by atoms with Gasteiger partial charge < -0.3 is 21.1 Å². The van der Waals surface area contributed by atoms with Gasteiger partial charge in [0.1, 0.15) is 0 Å². The lowest BCUT2D eigenvalue weighted by Crippen LogP contribution is -2.39. The highest BCUT2D eigenvalue weighted by molar-refractivity contribution is 6.14. The normalized spacial score (nSPS) is 18.1. The maximum Gasteiger partial charge on any atom is 0.323 e. The van der Waals surface area contributed by atoms with Gasteiger partial charge in [-0.1, -0.05) is 0 Å². The fourth-order valence-corrected chi connectivity index (χ4v) is 1.18. The predicted molar refractivity (Wildman–Crippen MR) is 59.8 cm³/mol. The highest BCUT2D eigenvalue weighted by Crippen LogP contribution is 1.87. The zero-order chi connectivity index (χ0) is 8.72. The quantitative estimate of drug-likeness (QED) is 0.440. The Labute approximate surface area is 91.4 Å². The van der Waals surface area contributed by atoms with Gasteiger partial charge in [-0.15, -0.1) is 24.8 Å². The molecule has 0 amide bonds. The van der Waals surface area contributed by atoms with E-state index in [1.165, 1.54) is 0 Å². The number of imidazole rings is 1. The van der Waals surface area contributed by atoms with Gasteiger partial charge in [0.25, 0.3) is 0 Å². The van der Waals surface area contributed by atoms with Crippen LogP contribution in [-0.2, 0) is 0 Å². The van der Waals surface area contributed by atoms with Gasteiger partial charge in [-0.3, -0.25) is 0 Å². The second kappa shape index (κ2) is 4.45. The van der Waals surface area contributed by atoms with Crippen LogP contribution in [0.5, 0.6) is 0 Å². The number of hydrogen-bond acceptors (Lipinski definition) is 3. The van der Waals surface area contributed by atoms with E-state index in [0.717, 1.165) is 0 Å². The number of fused-ring (bicyclic) bond motifs is 1. The van der Waals surface area contributed by atoms with Gasteiger partial charge in [0.15, 0.2) is 0 Å². The van der Waals surface area contributed by atoms with E-state index in [1.54, 1.807) is 12.2 Å². The van der Waals surface area contributed by atoms with Crippen LogP contribution in [0.15, 0.2) is 4.79 Å². The van der Waals surface area contributed by atoms with Crippen molar-refractivity contribution in [2.75, 3.05) is 0 Å². The number of hydrogen-bond donors (Lipinski definition) is 4. The average Bonchev–Trinajstić information content (AvgIpc) is 2.30. The Morgan fingerprint density at radius 2 is 1.86 bits per heavy atom. The fraction of sp³-hybridized carbons (Fsp3) is 0.143. The molecule has 7 heteroatoms. The summed E-state index contributed by atoms with van der Waals surface area (Å²) in [6, 6.07) is -0.413. The number of nitrogens with two attached hydrogens (primary N) is 1. The summed E-state index contributed by atoms with van der Waals surface area (Å²) in [6.45, 7) is 0. The van der Waals surface area contributed by atoms with E-state index in [1.807, 2.05) is 0 Å². The minimum absolute atomic E-state index is 0. The molecule has 5 nitrogen and oxygen atoms in total. The second-order valence-corrected chi connectivity index (χ2v) is 2.70. The second-order valence-electron chi connectivity index (χ2n) is 2.70. The molecule has 1 aromatic rings. The third kappa shape index (κ3) is 2.06. The summed E-state index contributed by atoms with van der Waals surface area (Å²) in [5, 5.41) is 8.69. The Bertz CT molecular complexity index is 500. The molecule has 0 saturated carbocycles. The van der Waals surface area contributed by atoms with E-state index < -0.39 is 6.04 Å². The van der Waals surface area contributed by atoms with E-state index in [4.69, 9.17) is 11.1 Å². The van der Waals surface area contributed by atoms with Crippen molar-refractivity contribution in [3.8, 4) is 0 Å². The number of H-pyrrole nitrogens is 2. The summed E-state index contributed by atoms with van der Waals surface area (Å²) in [6.07, 6.45) is 3.20. The van der Waals surface area contributed by atoms with Crippen LogP contribution in [0.2, 0.25) is 0 Å². The zero-order valence-electron chi connectivity index (χ0n) is 7.03. The molecular weight excluding hydrogens is 227 g/mol. The third-order valence-corrected chi connectivity index (χ3v) is 1.79. The summed E-state index contributed by atoms with van der Waals surface area (Å²) in [5.41, 5.74) is 5.59. The molecule has 78 valence electrons. The standard InChI is InChI=1S/C7H8N4O.2ClH/c8-3-1-5-6(2-4(3)9)11-7(12)10-5;;/h1-3,9H,8H2,(H2,10,11,12);2*1H. The predicted octanol–water partition coefficient (Wildman–Crippen LogP) is -1.53. The first-order chi connectivity index (χ1) is 5.66. The van der Waals surface area contributed by atoms with Crippen LogP contribution in [0.3, 0.4) is 0 Å². The maximum absolute atomic E-state index is 10.8. The molecule has 0 aliphatic heterocycles. The van der Waals surface area contributed by atoms with Crippen LogP contribution in [0, 0.1) is 5.41 Å². The third-order valence-electron chi connectivity index (χ3n) is 1.79. The zero-order valence-corrected chi connectivity index (χ0v) is 8.67. The van der Waals surface area contributed by atoms with Gasteiger partial charge in [-0.25, -0.2) is 4.79 Å². The van der Waals surface area contributed by atoms with E-state index in [2.05, 4.69) is 9.97 Å². The molecule has 1 heterocycles. The first kappa shape index (κ1) is 13.0. The SMILES string of the molecule is Cl.Cl.N=C1C=c2[nH]c(=O)[nH]c2=CC1N. The Kier molecular flexibility index (Phi) is 4.12. The lowest BCUT2D eigenvalue weighted by Gasteiger charge is -2.05. The van der Waals surface area contributed by atoms with Gasteiger partial charge >= 0.3 is 5.69 Å². The molecule has 0 bridgehead atoms. The Morgan fingerprint density at radius 1 is 1.29 bits per heavy atom. The summed E-state index contributed by atoms with van der Waals surface area (Å²) < 4.78 is 0. The monoisotopic (exact) mass is 236 g/mol. The van der Waals surface area contributed by atoms with Gasteiger partial charge in [-0.2, -0.15) is 0 Å². The van der Waals surface area contributed by atoms with Crippen molar-refractivity contribution in [2.45, 2.75) is 6.04 Å². The average molecular weight is 237 g/mol. The van der Waals surface area contributed by atoms with Crippen LogP contribution < -0.4 is 22.1 Å². The van der Waals surface area contributed by atoms with Crippen LogP contribution in [0.4, 0.5) is 0 Å². The maximum atomic E-state index is 10.8. The smallest absolute Gasteiger partial charge is 0.319 e. The Hall–Kier alpha value is -1.04. The van der Waals surface area contributed by atoms with Gasteiger partial charge in [0, 0.05) is 0 Å². The molecule has 1 aliphatic rings. The van der Waals surface area contributed by atoms with E-state index in [0.29, 0.717) is 16.4 Å². The number of rotatable bonds is 0. The summed E-state index contributed by atoms with van der Waals surface area (Å²) in [4.78, 5) is 15.9. The largest absolute Gasteiger partial charge is 0.323 e. The first-order valence-electron chi connectivity index (χ1n) is 3.53. The van der Waals surface area contributed by atoms with Gasteiger partial charge in [-0.05, 0) is 12.2 Å². The van der Waals surface area contributed by atoms with Crippen LogP contribution in [0.1, 0.15) is 0 Å². The van der Waals surface area contributed by atoms with Crippen molar-refractivity contribution in [3.63, 3.8) is 0 Å². The van der Waals surface area contributed by atoms with E-state index in [9.17, 15) is 4.79 Å². The lowest BCUT2D eigenvalue weighted by atomic mass is 10.1. The van der Waals surface area contributed by atoms with E-state index >= 15 is 0 Å². The molecule has 0 radical (unpaired) electrons. The minimum Gasteiger partial charge on any atom is -0.319 e. The van der Waals surface area contributed by atoms with Gasteiger partial charge in [0.05, 0.1) is 22.5 Å². The number of aromatic amines is 2. The van der Waals surface area contributed by atoms with Crippen molar-refractivity contribution >= 4 is 42.7 Å². The van der Waals surface area contributed by atoms with Crippen molar-refractivity contribution in [1.29, 1.82) is 5.41 Å². The topological polar surface area (TPSA) is 98.5 Å². The van der Waals surface area contributed by atoms with Crippen molar-refractivity contribution in [1.82, 2.24) is 9.97 Å². The highest BCUT2D eigenvalue weighted by Gasteiger charge is 2.08. The Morgan fingerprint density at radius 3 is 2.50 bits per heavy atom. The molecule has 1 atom stereocenters. The molecular formula is C7H10Cl2N4O. The molecule has 14 heavy (non-hydrogen) atoms. The molecule has 0 saturated heterocycles. The number of nitrogens with one attached hydrogen (secondary N) is 3. The minimum atomic E-state index is -0.413. The molecule has 0 spiro atoms. The fourth-order valence-electron chi connectivity index (χ4n) is 1.18. The molecule has 0 aromatic carbocycles. The molecule has 5 N–H and O–H groups in total. The molecule has 2 rings (SSSR count). The van der Waals surface area contributed by atoms with Crippen LogP contribution in [-0.4, -0.2) is 21.7 Å². The number of halogens is 2. The number of aromatic nitrogens is 2. The highest BCUT2D eigenvalue weighted by atomic mass is 35.5. The Balaban J connectivity index is 0.000000845. The lowest BCUT2D eigenvalue weighted by molar-refractivity contribution is 1.10. The van der Waals surface area contributed by atoms with Gasteiger partial charge in [0.2, 0.25) is 0 Å². The van der Waals surface area contributed by atoms with E-state index in [-0.39, 0.29) is 30.5 Å². The van der Waals surface area contributed by atoms with Crippen LogP contribution >= 0.6 is 24.8 Å². The molecule has 1 aromatic heterocycles. The molecule has 1 aliphatic carbocycles. The summed E-state index contributed by atoms with van der Waals surface area (Å²) in [7, 11) is 0. The molecule has 1 unspecified atom stereocenters. The first-order valence-corrected chi connectivity index (χ1v) is 3.53. The molecule has 0 fully saturated rings. The summed E-state index contributed by atoms with van der Waals surface area (Å²) >= 11 is 0. The van der Waals surface area contributed by atoms with Crippen molar-refractivity contribution in [3.05, 3.63) is 21.2 Å². The van der Waals surface area contributed by atoms with Crippen molar-refractivity contribution < 1.29 is 0 Å². The van der Waals surface area contributed by atoms with Crippen molar-refractivity contribution in [2.24, 2.45) is 5.73 Å².